The molecule has 7 nitrogen and oxygen atoms in total. The van der Waals surface area contributed by atoms with Crippen molar-refractivity contribution in [3.05, 3.63) is 30.1 Å². The third-order valence-electron chi connectivity index (χ3n) is 3.48. The number of nitrogens with zero attached hydrogens (tertiary/aromatic N) is 1. The van der Waals surface area contributed by atoms with Gasteiger partial charge in [-0.25, -0.2) is 9.18 Å². The van der Waals surface area contributed by atoms with Crippen LogP contribution in [0.4, 0.5) is 4.39 Å². The Kier molecular flexibility index (Phi) is 5.06. The molecule has 0 bridgehead atoms. The van der Waals surface area contributed by atoms with Gasteiger partial charge in [0.15, 0.2) is 5.60 Å². The first-order valence-corrected chi connectivity index (χ1v) is 7.39. The van der Waals surface area contributed by atoms with Crippen LogP contribution in [0.15, 0.2) is 24.3 Å². The minimum atomic E-state index is -1.32. The number of benzene rings is 1. The molecule has 8 heteroatoms. The van der Waals surface area contributed by atoms with E-state index in [-0.39, 0.29) is 25.4 Å². The summed E-state index contributed by atoms with van der Waals surface area (Å²) in [5.41, 5.74) is 3.74. The van der Waals surface area contributed by atoms with Crippen molar-refractivity contribution in [2.75, 3.05) is 13.1 Å². The van der Waals surface area contributed by atoms with Crippen LogP contribution in [0.3, 0.4) is 0 Å². The summed E-state index contributed by atoms with van der Waals surface area (Å²) in [7, 11) is 0. The van der Waals surface area contributed by atoms with Crippen LogP contribution in [0, 0.1) is 5.82 Å². The molecule has 1 aromatic carbocycles. The van der Waals surface area contributed by atoms with Crippen LogP contribution in [0.2, 0.25) is 0 Å². The topological polar surface area (TPSA) is 98.9 Å². The largest absolute Gasteiger partial charge is 0.476 e. The second-order valence-corrected chi connectivity index (χ2v) is 6.04. The van der Waals surface area contributed by atoms with Crippen LogP contribution < -0.4 is 10.5 Å². The molecule has 0 unspecified atom stereocenters. The fraction of sp³-hybridized carbons (Fsp3) is 0.438. The Morgan fingerprint density at radius 3 is 2.54 bits per heavy atom. The third kappa shape index (κ3) is 4.43. The Morgan fingerprint density at radius 2 is 1.96 bits per heavy atom. The Hall–Kier alpha value is -2.64. The van der Waals surface area contributed by atoms with Crippen molar-refractivity contribution < 1.29 is 28.2 Å². The molecule has 1 heterocycles. The first-order chi connectivity index (χ1) is 11.2. The van der Waals surface area contributed by atoms with Gasteiger partial charge in [0.05, 0.1) is 19.5 Å². The van der Waals surface area contributed by atoms with E-state index in [0.29, 0.717) is 5.75 Å². The van der Waals surface area contributed by atoms with E-state index in [1.807, 2.05) is 0 Å². The first kappa shape index (κ1) is 17.7. The molecule has 1 aromatic rings. The maximum atomic E-state index is 12.9. The van der Waals surface area contributed by atoms with Crippen molar-refractivity contribution in [3.8, 4) is 5.75 Å². The van der Waals surface area contributed by atoms with Gasteiger partial charge in [-0.2, -0.15) is 0 Å². The molecule has 1 atom stereocenters. The molecule has 0 spiro atoms. The monoisotopic (exact) mass is 338 g/mol. The summed E-state index contributed by atoms with van der Waals surface area (Å²) >= 11 is 0. The van der Waals surface area contributed by atoms with E-state index >= 15 is 0 Å². The number of hydrogen-bond acceptors (Lipinski definition) is 5. The highest BCUT2D eigenvalue weighted by molar-refractivity contribution is 5.86. The minimum absolute atomic E-state index is 0.00829. The van der Waals surface area contributed by atoms with Crippen LogP contribution in [0.1, 0.15) is 20.3 Å². The third-order valence-corrected chi connectivity index (χ3v) is 3.48. The number of carbonyl (C=O) groups is 3. The minimum Gasteiger partial charge on any atom is -0.476 e. The fourth-order valence-electron chi connectivity index (χ4n) is 2.29. The molecular weight excluding hydrogens is 319 g/mol. The molecular formula is C16H19FN2O5. The molecule has 24 heavy (non-hydrogen) atoms. The van der Waals surface area contributed by atoms with Crippen LogP contribution in [0.25, 0.3) is 0 Å². The quantitative estimate of drug-likeness (QED) is 0.766. The lowest BCUT2D eigenvalue weighted by Crippen LogP contribution is -2.42. The van der Waals surface area contributed by atoms with Crippen molar-refractivity contribution in [2.24, 2.45) is 5.73 Å². The summed E-state index contributed by atoms with van der Waals surface area (Å²) < 4.78 is 23.7. The van der Waals surface area contributed by atoms with Gasteiger partial charge < -0.3 is 20.1 Å². The normalized spacial score (nSPS) is 17.7. The average Bonchev–Trinajstić information content (AvgIpc) is 2.80. The van der Waals surface area contributed by atoms with Crippen molar-refractivity contribution in [1.82, 2.24) is 4.90 Å². The molecule has 0 aliphatic carbocycles. The van der Waals surface area contributed by atoms with E-state index in [1.54, 1.807) is 0 Å². The lowest BCUT2D eigenvalue weighted by atomic mass is 10.1. The van der Waals surface area contributed by atoms with Gasteiger partial charge in [0, 0.05) is 0 Å². The van der Waals surface area contributed by atoms with Crippen LogP contribution in [0.5, 0.6) is 5.75 Å². The Bertz CT molecular complexity index is 644. The second kappa shape index (κ2) is 6.86. The second-order valence-electron chi connectivity index (χ2n) is 6.04. The lowest BCUT2D eigenvalue weighted by Gasteiger charge is -2.26. The zero-order chi connectivity index (χ0) is 17.9. The summed E-state index contributed by atoms with van der Waals surface area (Å²) in [5, 5.41) is 0. The molecule has 2 N–H and O–H groups in total. The number of carbonyl (C=O) groups excluding carboxylic acids is 3. The first-order valence-electron chi connectivity index (χ1n) is 7.39. The van der Waals surface area contributed by atoms with E-state index in [2.05, 4.69) is 0 Å². The number of hydrogen-bond donors (Lipinski definition) is 1. The Balaban J connectivity index is 1.94. The van der Waals surface area contributed by atoms with Gasteiger partial charge in [0.1, 0.15) is 17.7 Å². The predicted molar refractivity (Wildman–Crippen MR) is 81.4 cm³/mol. The predicted octanol–water partition coefficient (Wildman–Crippen LogP) is 0.612. The smallest absolute Gasteiger partial charge is 0.350 e. The van der Waals surface area contributed by atoms with Crippen LogP contribution in [-0.2, 0) is 19.1 Å². The van der Waals surface area contributed by atoms with E-state index in [0.717, 1.165) is 0 Å². The summed E-state index contributed by atoms with van der Waals surface area (Å²) in [5.74, 6) is -1.69. The van der Waals surface area contributed by atoms with E-state index < -0.39 is 29.4 Å². The van der Waals surface area contributed by atoms with Gasteiger partial charge >= 0.3 is 5.97 Å². The molecule has 2 amide bonds. The maximum absolute atomic E-state index is 12.9. The van der Waals surface area contributed by atoms with Crippen molar-refractivity contribution in [2.45, 2.75) is 32.0 Å². The zero-order valence-corrected chi connectivity index (χ0v) is 13.5. The molecule has 0 aromatic heterocycles. The van der Waals surface area contributed by atoms with Gasteiger partial charge in [0.2, 0.25) is 11.8 Å². The highest BCUT2D eigenvalue weighted by atomic mass is 19.1. The summed E-state index contributed by atoms with van der Waals surface area (Å²) in [6, 6.07) is 5.23. The molecule has 0 radical (unpaired) electrons. The van der Waals surface area contributed by atoms with E-state index in [1.165, 1.54) is 43.0 Å². The van der Waals surface area contributed by atoms with Gasteiger partial charge in [-0.3, -0.25) is 9.59 Å². The van der Waals surface area contributed by atoms with Crippen molar-refractivity contribution in [1.29, 1.82) is 0 Å². The van der Waals surface area contributed by atoms with Crippen LogP contribution >= 0.6 is 0 Å². The van der Waals surface area contributed by atoms with Gasteiger partial charge in [-0.1, -0.05) is 0 Å². The van der Waals surface area contributed by atoms with Gasteiger partial charge in [-0.05, 0) is 38.1 Å². The summed E-state index contributed by atoms with van der Waals surface area (Å²) in [4.78, 5) is 36.2. The number of amides is 2. The van der Waals surface area contributed by atoms with Crippen LogP contribution in [-0.4, -0.2) is 47.5 Å². The average molecular weight is 338 g/mol. The number of esters is 1. The number of primary amides is 1. The van der Waals surface area contributed by atoms with Crippen molar-refractivity contribution in [3.63, 3.8) is 0 Å². The molecule has 1 aliphatic heterocycles. The Morgan fingerprint density at radius 1 is 1.33 bits per heavy atom. The molecule has 0 saturated carbocycles. The fourth-order valence-corrected chi connectivity index (χ4v) is 2.29. The summed E-state index contributed by atoms with van der Waals surface area (Å²) in [6.45, 7) is 2.93. The highest BCUT2D eigenvalue weighted by Gasteiger charge is 2.38. The molecule has 1 fully saturated rings. The Labute approximate surface area is 138 Å². The summed E-state index contributed by atoms with van der Waals surface area (Å²) in [6.07, 6.45) is -0.675. The molecule has 1 saturated heterocycles. The highest BCUT2D eigenvalue weighted by Crippen LogP contribution is 2.22. The van der Waals surface area contributed by atoms with Gasteiger partial charge in [-0.15, -0.1) is 0 Å². The SMILES string of the molecule is CC(C)(Oc1ccc(F)cc1)C(=O)O[C@H]1CC(=O)N(CC(N)=O)C1. The van der Waals surface area contributed by atoms with E-state index in [4.69, 9.17) is 15.2 Å². The van der Waals surface area contributed by atoms with E-state index in [9.17, 15) is 18.8 Å². The van der Waals surface area contributed by atoms with Crippen molar-refractivity contribution >= 4 is 17.8 Å². The standard InChI is InChI=1S/C16H19FN2O5/c1-16(2,24-11-5-3-10(17)4-6-11)15(22)23-12-7-14(21)19(8-12)9-13(18)20/h3-6,12H,7-9H2,1-2H3,(H2,18,20)/t12-/m0/s1. The number of rotatable bonds is 6. The number of ether oxygens (including phenoxy) is 2. The molecule has 2 rings (SSSR count). The lowest BCUT2D eigenvalue weighted by molar-refractivity contribution is -0.164. The zero-order valence-electron chi connectivity index (χ0n) is 13.5. The number of halogens is 1. The molecule has 130 valence electrons. The maximum Gasteiger partial charge on any atom is 0.350 e. The van der Waals surface area contributed by atoms with Gasteiger partial charge in [0.25, 0.3) is 0 Å². The number of likely N-dealkylation sites (tertiary alicyclic amines) is 1. The number of nitrogens with two attached hydrogens (primary N) is 1. The molecule has 1 aliphatic rings.